The molecule has 0 fully saturated rings. The van der Waals surface area contributed by atoms with Crippen molar-refractivity contribution in [2.45, 2.75) is 19.8 Å². The van der Waals surface area contributed by atoms with E-state index in [2.05, 4.69) is 20.4 Å². The highest BCUT2D eigenvalue weighted by atomic mass is 16.4. The fourth-order valence-electron chi connectivity index (χ4n) is 5.05. The lowest BCUT2D eigenvalue weighted by molar-refractivity contribution is 0.0697. The van der Waals surface area contributed by atoms with Crippen molar-refractivity contribution in [1.29, 1.82) is 0 Å². The van der Waals surface area contributed by atoms with Gasteiger partial charge in [0.2, 0.25) is 0 Å². The van der Waals surface area contributed by atoms with Crippen molar-refractivity contribution >= 4 is 5.97 Å². The van der Waals surface area contributed by atoms with Crippen molar-refractivity contribution in [3.63, 3.8) is 0 Å². The maximum absolute atomic E-state index is 13.5. The monoisotopic (exact) mass is 546 g/mol. The third-order valence-corrected chi connectivity index (χ3v) is 7.22. The van der Waals surface area contributed by atoms with Crippen LogP contribution in [0.4, 0.5) is 0 Å². The minimum atomic E-state index is -1.03. The van der Waals surface area contributed by atoms with Crippen molar-refractivity contribution in [1.82, 2.24) is 20.4 Å². The average molecular weight is 547 g/mol. The van der Waals surface area contributed by atoms with Gasteiger partial charge in [0.05, 0.1) is 34.0 Å². The van der Waals surface area contributed by atoms with Crippen LogP contribution in [0.15, 0.2) is 98.9 Å². The third-order valence-electron chi connectivity index (χ3n) is 7.22. The number of carboxylic acid groups (broad SMARTS) is 1. The van der Waals surface area contributed by atoms with Crippen molar-refractivity contribution < 1.29 is 14.3 Å². The molecule has 9 nitrogen and oxygen atoms in total. The molecule has 0 aliphatic rings. The Bertz CT molecular complexity index is 1870. The summed E-state index contributed by atoms with van der Waals surface area (Å²) in [5, 5.41) is 20.7. The maximum Gasteiger partial charge on any atom is 0.335 e. The molecule has 3 aromatic heterocycles. The highest BCUT2D eigenvalue weighted by Crippen LogP contribution is 2.39. The number of hydrogen-bond acceptors (Lipinski definition) is 4. The molecule has 0 amide bonds. The first-order chi connectivity index (χ1) is 19.8. The topological polar surface area (TPSA) is 148 Å². The van der Waals surface area contributed by atoms with E-state index >= 15 is 0 Å². The first-order valence-corrected chi connectivity index (χ1v) is 13.0. The molecule has 6 aromatic rings. The molecule has 0 spiro atoms. The van der Waals surface area contributed by atoms with Gasteiger partial charge in [0.25, 0.3) is 11.1 Å². The van der Waals surface area contributed by atoms with E-state index in [1.807, 2.05) is 62.4 Å². The number of carboxylic acids is 1. The van der Waals surface area contributed by atoms with Crippen LogP contribution in [0.2, 0.25) is 0 Å². The fraction of sp³-hybridized carbons (Fsp3) is 0.0938. The van der Waals surface area contributed by atoms with E-state index < -0.39 is 11.9 Å². The number of aromatic carboxylic acids is 1. The molecule has 0 aliphatic carbocycles. The quantitative estimate of drug-likeness (QED) is 0.171. The van der Waals surface area contributed by atoms with Crippen LogP contribution in [0.25, 0.3) is 33.8 Å². The Labute approximate surface area is 233 Å². The van der Waals surface area contributed by atoms with E-state index in [0.717, 1.165) is 22.3 Å². The van der Waals surface area contributed by atoms with Crippen LogP contribution in [0.3, 0.4) is 0 Å². The zero-order valence-electron chi connectivity index (χ0n) is 22.2. The van der Waals surface area contributed by atoms with Crippen LogP contribution in [-0.2, 0) is 0 Å². The Morgan fingerprint density at radius 2 is 1.10 bits per heavy atom. The first kappa shape index (κ1) is 25.7. The zero-order valence-corrected chi connectivity index (χ0v) is 22.2. The molecule has 0 saturated heterocycles. The van der Waals surface area contributed by atoms with Crippen LogP contribution in [0.5, 0.6) is 0 Å². The molecule has 3 aromatic carbocycles. The molecule has 6 rings (SSSR count). The molecular weight excluding hydrogens is 520 g/mol. The van der Waals surface area contributed by atoms with Gasteiger partial charge in [-0.05, 0) is 49.2 Å². The summed E-state index contributed by atoms with van der Waals surface area (Å²) in [7, 11) is 0. The number of H-pyrrole nitrogens is 4. The summed E-state index contributed by atoms with van der Waals surface area (Å²) in [5.74, 6) is -1.07. The van der Waals surface area contributed by atoms with E-state index in [1.54, 1.807) is 24.3 Å². The van der Waals surface area contributed by atoms with Gasteiger partial charge >= 0.3 is 5.97 Å². The van der Waals surface area contributed by atoms with Crippen LogP contribution in [-0.4, -0.2) is 31.5 Å². The second-order valence-electron chi connectivity index (χ2n) is 9.99. The van der Waals surface area contributed by atoms with E-state index in [0.29, 0.717) is 39.6 Å². The van der Waals surface area contributed by atoms with Gasteiger partial charge in [-0.15, -0.1) is 0 Å². The maximum atomic E-state index is 13.5. The molecule has 5 N–H and O–H groups in total. The first-order valence-electron chi connectivity index (χ1n) is 13.0. The van der Waals surface area contributed by atoms with Gasteiger partial charge in [-0.25, -0.2) is 4.79 Å². The van der Waals surface area contributed by atoms with E-state index in [4.69, 9.17) is 4.42 Å². The lowest BCUT2D eigenvalue weighted by Crippen LogP contribution is -2.19. The molecule has 41 heavy (non-hydrogen) atoms. The number of carbonyl (C=O) groups is 1. The van der Waals surface area contributed by atoms with Gasteiger partial charge in [-0.1, -0.05) is 71.8 Å². The van der Waals surface area contributed by atoms with Crippen LogP contribution < -0.4 is 11.1 Å². The number of aromatic amines is 4. The lowest BCUT2D eigenvalue weighted by Gasteiger charge is -2.15. The number of aryl methyl sites for hydroxylation is 2. The minimum absolute atomic E-state index is 0.154. The Hall–Kier alpha value is -5.57. The molecule has 0 aliphatic heterocycles. The van der Waals surface area contributed by atoms with E-state index in [1.165, 1.54) is 12.1 Å². The minimum Gasteiger partial charge on any atom is -0.478 e. The summed E-state index contributed by atoms with van der Waals surface area (Å²) in [6.07, 6.45) is 0. The number of benzene rings is 3. The van der Waals surface area contributed by atoms with Gasteiger partial charge in [0.1, 0.15) is 11.5 Å². The molecule has 3 heterocycles. The Kier molecular flexibility index (Phi) is 6.39. The Balaban J connectivity index is 1.56. The summed E-state index contributed by atoms with van der Waals surface area (Å²) in [6.45, 7) is 3.96. The average Bonchev–Trinajstić information content (AvgIpc) is 3.70. The smallest absolute Gasteiger partial charge is 0.335 e. The molecule has 0 atom stereocenters. The SMILES string of the molecule is Cc1ccc(-c2[nH][nH]c(=O)c2C(c2ccc(-c3ccc(C(=O)O)cc3)o2)c2c(-c3ccc(C)cc3)[nH][nH]c2=O)cc1. The summed E-state index contributed by atoms with van der Waals surface area (Å²) in [6, 6.07) is 25.2. The number of nitrogens with one attached hydrogen (secondary N) is 4. The van der Waals surface area contributed by atoms with Crippen LogP contribution in [0.1, 0.15) is 44.3 Å². The lowest BCUT2D eigenvalue weighted by atomic mass is 9.86. The van der Waals surface area contributed by atoms with Crippen LogP contribution in [0, 0.1) is 13.8 Å². The normalized spacial score (nSPS) is 11.3. The van der Waals surface area contributed by atoms with Gasteiger partial charge in [0, 0.05) is 5.56 Å². The largest absolute Gasteiger partial charge is 0.478 e. The predicted molar refractivity (Wildman–Crippen MR) is 155 cm³/mol. The fourth-order valence-corrected chi connectivity index (χ4v) is 5.05. The number of hydrogen-bond donors (Lipinski definition) is 5. The van der Waals surface area contributed by atoms with Gasteiger partial charge in [-0.3, -0.25) is 30.0 Å². The van der Waals surface area contributed by atoms with Gasteiger partial charge in [0.15, 0.2) is 0 Å². The van der Waals surface area contributed by atoms with E-state index in [9.17, 15) is 19.5 Å². The van der Waals surface area contributed by atoms with Crippen molar-refractivity contribution in [2.75, 3.05) is 0 Å². The third kappa shape index (κ3) is 4.74. The van der Waals surface area contributed by atoms with Gasteiger partial charge < -0.3 is 9.52 Å². The molecule has 0 unspecified atom stereocenters. The number of rotatable bonds is 7. The molecule has 0 saturated carbocycles. The second kappa shape index (κ2) is 10.2. The summed E-state index contributed by atoms with van der Waals surface area (Å²) in [4.78, 5) is 38.2. The highest BCUT2D eigenvalue weighted by molar-refractivity contribution is 5.88. The molecule has 0 bridgehead atoms. The van der Waals surface area contributed by atoms with Crippen molar-refractivity contribution in [3.8, 4) is 33.8 Å². The number of aromatic nitrogens is 4. The molecule has 0 radical (unpaired) electrons. The standard InChI is InChI=1S/C32H26N4O5/c1-17-3-7-20(8-4-17)28-26(30(37)35-33-28)25(27-29(34-36-31(27)38)21-9-5-18(2)6-10-21)24-16-15-23(41-24)19-11-13-22(14-12-19)32(39)40/h3-16,25H,1-2H3,(H,39,40)(H2,33,35,37)(H2,34,36,38). The van der Waals surface area contributed by atoms with Crippen molar-refractivity contribution in [2.24, 2.45) is 0 Å². The summed E-state index contributed by atoms with van der Waals surface area (Å²) in [5.41, 5.74) is 5.46. The van der Waals surface area contributed by atoms with Crippen LogP contribution >= 0.6 is 0 Å². The summed E-state index contributed by atoms with van der Waals surface area (Å²) >= 11 is 0. The zero-order chi connectivity index (χ0) is 28.7. The molecular formula is C32H26N4O5. The highest BCUT2D eigenvalue weighted by Gasteiger charge is 2.33. The Morgan fingerprint density at radius 3 is 1.56 bits per heavy atom. The number of furan rings is 1. The van der Waals surface area contributed by atoms with Crippen molar-refractivity contribution in [3.05, 3.63) is 139 Å². The van der Waals surface area contributed by atoms with E-state index in [-0.39, 0.29) is 16.7 Å². The molecule has 204 valence electrons. The second-order valence-corrected chi connectivity index (χ2v) is 9.99. The van der Waals surface area contributed by atoms with Gasteiger partial charge in [-0.2, -0.15) is 0 Å². The molecule has 9 heteroatoms. The predicted octanol–water partition coefficient (Wildman–Crippen LogP) is 5.81. The summed E-state index contributed by atoms with van der Waals surface area (Å²) < 4.78 is 6.33. The Morgan fingerprint density at radius 1 is 0.634 bits per heavy atom.